The summed E-state index contributed by atoms with van der Waals surface area (Å²) in [6, 6.07) is 17.6. The monoisotopic (exact) mass is 279 g/mol. The lowest BCUT2D eigenvalue weighted by atomic mass is 10.1. The van der Waals surface area contributed by atoms with Crippen LogP contribution in [0.5, 0.6) is 5.75 Å². The minimum absolute atomic E-state index is 0.590. The van der Waals surface area contributed by atoms with E-state index in [-0.39, 0.29) is 0 Å². The van der Waals surface area contributed by atoms with Crippen LogP contribution in [-0.2, 0) is 6.54 Å². The minimum atomic E-state index is 0.590. The van der Waals surface area contributed by atoms with Gasteiger partial charge in [0.25, 0.3) is 0 Å². The zero-order valence-corrected chi connectivity index (χ0v) is 11.6. The summed E-state index contributed by atoms with van der Waals surface area (Å²) in [6.07, 6.45) is 3.87. The molecule has 4 nitrogen and oxygen atoms in total. The van der Waals surface area contributed by atoms with Crippen LogP contribution in [0.1, 0.15) is 0 Å². The average molecular weight is 279 g/mol. The number of hydrogen-bond donors (Lipinski definition) is 1. The van der Waals surface area contributed by atoms with Gasteiger partial charge in [0.1, 0.15) is 12.4 Å². The Morgan fingerprint density at radius 1 is 0.952 bits per heavy atom. The molecule has 0 spiro atoms. The van der Waals surface area contributed by atoms with Crippen molar-refractivity contribution in [1.82, 2.24) is 9.78 Å². The lowest BCUT2D eigenvalue weighted by Gasteiger charge is -2.05. The van der Waals surface area contributed by atoms with Gasteiger partial charge in [-0.15, -0.1) is 0 Å². The molecular weight excluding hydrogens is 262 g/mol. The summed E-state index contributed by atoms with van der Waals surface area (Å²) in [5, 5.41) is 4.35. The molecule has 21 heavy (non-hydrogen) atoms. The summed E-state index contributed by atoms with van der Waals surface area (Å²) in [5.74, 6) is 0.878. The van der Waals surface area contributed by atoms with Crippen molar-refractivity contribution in [2.75, 3.05) is 12.3 Å². The van der Waals surface area contributed by atoms with E-state index >= 15 is 0 Å². The maximum absolute atomic E-state index is 5.69. The molecule has 106 valence electrons. The molecule has 0 radical (unpaired) electrons. The quantitative estimate of drug-likeness (QED) is 0.730. The molecule has 0 amide bonds. The van der Waals surface area contributed by atoms with E-state index in [1.165, 1.54) is 0 Å². The molecule has 0 bridgehead atoms. The Labute approximate surface area is 123 Å². The molecule has 0 aliphatic heterocycles. The molecule has 0 aliphatic rings. The van der Waals surface area contributed by atoms with E-state index in [4.69, 9.17) is 10.5 Å². The molecule has 0 aliphatic carbocycles. The first-order valence-corrected chi connectivity index (χ1v) is 6.87. The second kappa shape index (κ2) is 6.13. The standard InChI is InChI=1S/C17H17N3O/c18-16-8-6-14(7-9-16)15-12-19-20(13-15)10-11-21-17-4-2-1-3-5-17/h1-9,12-13H,10-11,18H2. The lowest BCUT2D eigenvalue weighted by molar-refractivity contribution is 0.291. The third-order valence-electron chi connectivity index (χ3n) is 3.21. The maximum Gasteiger partial charge on any atom is 0.119 e. The first-order valence-electron chi connectivity index (χ1n) is 6.87. The average Bonchev–Trinajstić information content (AvgIpc) is 2.98. The molecule has 2 N–H and O–H groups in total. The van der Waals surface area contributed by atoms with E-state index in [0.29, 0.717) is 13.2 Å². The number of nitrogen functional groups attached to an aromatic ring is 1. The Bertz CT molecular complexity index is 690. The molecule has 0 fully saturated rings. The predicted molar refractivity (Wildman–Crippen MR) is 84.0 cm³/mol. The van der Waals surface area contributed by atoms with Crippen molar-refractivity contribution in [3.8, 4) is 16.9 Å². The van der Waals surface area contributed by atoms with Crippen LogP contribution < -0.4 is 10.5 Å². The van der Waals surface area contributed by atoms with Crippen molar-refractivity contribution in [2.45, 2.75) is 6.54 Å². The molecule has 1 aromatic heterocycles. The van der Waals surface area contributed by atoms with E-state index < -0.39 is 0 Å². The lowest BCUT2D eigenvalue weighted by Crippen LogP contribution is -2.08. The number of aromatic nitrogens is 2. The van der Waals surface area contributed by atoms with Gasteiger partial charge in [-0.1, -0.05) is 30.3 Å². The van der Waals surface area contributed by atoms with Gasteiger partial charge in [0.05, 0.1) is 12.7 Å². The van der Waals surface area contributed by atoms with Gasteiger partial charge in [0, 0.05) is 17.4 Å². The third-order valence-corrected chi connectivity index (χ3v) is 3.21. The van der Waals surface area contributed by atoms with Crippen molar-refractivity contribution in [3.05, 3.63) is 67.0 Å². The van der Waals surface area contributed by atoms with E-state index in [1.54, 1.807) is 0 Å². The highest BCUT2D eigenvalue weighted by Crippen LogP contribution is 2.19. The van der Waals surface area contributed by atoms with Gasteiger partial charge in [-0.2, -0.15) is 5.10 Å². The van der Waals surface area contributed by atoms with Gasteiger partial charge in [-0.3, -0.25) is 4.68 Å². The largest absolute Gasteiger partial charge is 0.492 e. The molecule has 0 saturated carbocycles. The van der Waals surface area contributed by atoms with Crippen LogP contribution in [0.3, 0.4) is 0 Å². The van der Waals surface area contributed by atoms with Crippen LogP contribution in [0, 0.1) is 0 Å². The van der Waals surface area contributed by atoms with Crippen molar-refractivity contribution in [2.24, 2.45) is 0 Å². The van der Waals surface area contributed by atoms with Crippen LogP contribution in [0.15, 0.2) is 67.0 Å². The van der Waals surface area contributed by atoms with Crippen LogP contribution in [0.2, 0.25) is 0 Å². The first kappa shape index (κ1) is 13.2. The van der Waals surface area contributed by atoms with Crippen molar-refractivity contribution < 1.29 is 4.74 Å². The third kappa shape index (κ3) is 3.42. The summed E-state index contributed by atoms with van der Waals surface area (Å²) in [7, 11) is 0. The number of nitrogens with two attached hydrogens (primary N) is 1. The molecule has 0 atom stereocenters. The van der Waals surface area contributed by atoms with Crippen LogP contribution in [0.4, 0.5) is 5.69 Å². The predicted octanol–water partition coefficient (Wildman–Crippen LogP) is 3.21. The fourth-order valence-corrected chi connectivity index (χ4v) is 2.08. The van der Waals surface area contributed by atoms with Gasteiger partial charge >= 0.3 is 0 Å². The highest BCUT2D eigenvalue weighted by Gasteiger charge is 2.02. The highest BCUT2D eigenvalue weighted by atomic mass is 16.5. The highest BCUT2D eigenvalue weighted by molar-refractivity contribution is 5.63. The topological polar surface area (TPSA) is 53.1 Å². The van der Waals surface area contributed by atoms with Crippen LogP contribution in [0.25, 0.3) is 11.1 Å². The molecule has 2 aromatic carbocycles. The minimum Gasteiger partial charge on any atom is -0.492 e. The number of hydrogen-bond acceptors (Lipinski definition) is 3. The summed E-state index contributed by atoms with van der Waals surface area (Å²) < 4.78 is 7.55. The number of ether oxygens (including phenoxy) is 1. The van der Waals surface area contributed by atoms with Crippen molar-refractivity contribution in [1.29, 1.82) is 0 Å². The molecule has 0 unspecified atom stereocenters. The number of nitrogens with zero attached hydrogens (tertiary/aromatic N) is 2. The second-order valence-corrected chi connectivity index (χ2v) is 4.78. The summed E-state index contributed by atoms with van der Waals surface area (Å²) in [6.45, 7) is 1.30. The first-order chi connectivity index (χ1) is 10.3. The smallest absolute Gasteiger partial charge is 0.119 e. The molecule has 4 heteroatoms. The summed E-state index contributed by atoms with van der Waals surface area (Å²) >= 11 is 0. The Morgan fingerprint density at radius 2 is 1.71 bits per heavy atom. The van der Waals surface area contributed by atoms with Crippen LogP contribution in [-0.4, -0.2) is 16.4 Å². The Morgan fingerprint density at radius 3 is 2.48 bits per heavy atom. The molecule has 3 aromatic rings. The van der Waals surface area contributed by atoms with E-state index in [9.17, 15) is 0 Å². The van der Waals surface area contributed by atoms with Gasteiger partial charge in [-0.05, 0) is 29.8 Å². The zero-order valence-electron chi connectivity index (χ0n) is 11.6. The maximum atomic E-state index is 5.69. The second-order valence-electron chi connectivity index (χ2n) is 4.78. The number of rotatable bonds is 5. The molecule has 0 saturated heterocycles. The molecule has 3 rings (SSSR count). The fourth-order valence-electron chi connectivity index (χ4n) is 2.08. The van der Waals surface area contributed by atoms with Crippen molar-refractivity contribution >= 4 is 5.69 Å². The summed E-state index contributed by atoms with van der Waals surface area (Å²) in [4.78, 5) is 0. The van der Waals surface area contributed by atoms with Gasteiger partial charge < -0.3 is 10.5 Å². The zero-order chi connectivity index (χ0) is 14.5. The van der Waals surface area contributed by atoms with E-state index in [2.05, 4.69) is 5.10 Å². The Kier molecular flexibility index (Phi) is 3.87. The number of benzene rings is 2. The molecule has 1 heterocycles. The number of anilines is 1. The van der Waals surface area contributed by atoms with E-state index in [0.717, 1.165) is 22.6 Å². The van der Waals surface area contributed by atoms with Crippen LogP contribution >= 0.6 is 0 Å². The van der Waals surface area contributed by atoms with Crippen molar-refractivity contribution in [3.63, 3.8) is 0 Å². The Balaban J connectivity index is 1.59. The Hall–Kier alpha value is -2.75. The van der Waals surface area contributed by atoms with Gasteiger partial charge in [-0.25, -0.2) is 0 Å². The van der Waals surface area contributed by atoms with E-state index in [1.807, 2.05) is 71.7 Å². The fraction of sp³-hybridized carbons (Fsp3) is 0.118. The van der Waals surface area contributed by atoms with Gasteiger partial charge in [0.15, 0.2) is 0 Å². The molecular formula is C17H17N3O. The summed E-state index contributed by atoms with van der Waals surface area (Å²) in [5.41, 5.74) is 8.65. The SMILES string of the molecule is Nc1ccc(-c2cnn(CCOc3ccccc3)c2)cc1. The normalized spacial score (nSPS) is 10.5. The number of para-hydroxylation sites is 1. The van der Waals surface area contributed by atoms with Gasteiger partial charge in [0.2, 0.25) is 0 Å².